The normalized spacial score (nSPS) is 46.4. The number of fused-ring (bicyclic) bond motifs is 5. The first-order chi connectivity index (χ1) is 19.2. The van der Waals surface area contributed by atoms with Gasteiger partial charge in [0.1, 0.15) is 11.7 Å². The van der Waals surface area contributed by atoms with Crippen LogP contribution in [0.4, 0.5) is 0 Å². The van der Waals surface area contributed by atoms with Crippen molar-refractivity contribution in [3.8, 4) is 0 Å². The molecular weight excluding hydrogens is 528 g/mol. The first-order valence-corrected chi connectivity index (χ1v) is 16.4. The Morgan fingerprint density at radius 1 is 1.19 bits per heavy atom. The molecule has 0 aromatic rings. The number of rotatable bonds is 6. The van der Waals surface area contributed by atoms with E-state index >= 15 is 0 Å². The van der Waals surface area contributed by atoms with E-state index in [-0.39, 0.29) is 29.0 Å². The third kappa shape index (κ3) is 3.67. The van der Waals surface area contributed by atoms with Crippen LogP contribution in [0.5, 0.6) is 0 Å². The molecule has 0 aromatic heterocycles. The van der Waals surface area contributed by atoms with E-state index in [0.717, 1.165) is 25.7 Å². The van der Waals surface area contributed by atoms with Crippen LogP contribution in [-0.2, 0) is 19.1 Å². The van der Waals surface area contributed by atoms with Crippen LogP contribution in [0.1, 0.15) is 108 Å². The number of ketones is 1. The van der Waals surface area contributed by atoms with Crippen LogP contribution in [0.2, 0.25) is 0 Å². The molecule has 2 N–H and O–H groups in total. The zero-order chi connectivity index (χ0) is 31.5. The Labute approximate surface area is 253 Å². The van der Waals surface area contributed by atoms with Crippen molar-refractivity contribution in [2.45, 2.75) is 132 Å². The number of carbonyl (C=O) groups is 2. The second kappa shape index (κ2) is 9.50. The summed E-state index contributed by atoms with van der Waals surface area (Å²) in [5, 5.41) is 24.6. The smallest absolute Gasteiger partial charge is 0.303 e. The Hall–Kier alpha value is -1.50. The van der Waals surface area contributed by atoms with E-state index < -0.39 is 51.0 Å². The molecule has 4 fully saturated rings. The summed E-state index contributed by atoms with van der Waals surface area (Å²) in [5.41, 5.74) is -3.59. The number of esters is 1. The van der Waals surface area contributed by atoms with Crippen LogP contribution >= 0.6 is 0 Å². The molecule has 42 heavy (non-hydrogen) atoms. The number of hydrogen-bond acceptors (Lipinski definition) is 6. The SMILES string of the molecule is CC[C@H]1CC[C@@H]2C(=CC[C@@H]3[C@]24CO[C@@H](C4=O)[C@]2(C)[C@@](C)([C@@](C)(O)C(C)/C=C/C(C)(C)OC(C)=O)[C@H](O)C[C@@]32C)C1(C)C. The molecule has 0 aromatic carbocycles. The van der Waals surface area contributed by atoms with E-state index in [1.165, 1.54) is 12.5 Å². The van der Waals surface area contributed by atoms with Gasteiger partial charge in [0.25, 0.3) is 0 Å². The highest BCUT2D eigenvalue weighted by Crippen LogP contribution is 2.80. The molecule has 0 radical (unpaired) electrons. The summed E-state index contributed by atoms with van der Waals surface area (Å²) in [6, 6.07) is 0. The van der Waals surface area contributed by atoms with E-state index in [2.05, 4.69) is 40.7 Å². The van der Waals surface area contributed by atoms with Crippen LogP contribution in [0.25, 0.3) is 0 Å². The fraction of sp³-hybridized carbons (Fsp3) is 0.833. The van der Waals surface area contributed by atoms with Crippen molar-refractivity contribution < 1.29 is 29.3 Å². The minimum absolute atomic E-state index is 0.0324. The van der Waals surface area contributed by atoms with Crippen LogP contribution in [0.15, 0.2) is 23.8 Å². The van der Waals surface area contributed by atoms with E-state index in [9.17, 15) is 19.8 Å². The summed E-state index contributed by atoms with van der Waals surface area (Å²) in [7, 11) is 0. The molecule has 1 saturated heterocycles. The van der Waals surface area contributed by atoms with Gasteiger partial charge in [0.15, 0.2) is 5.78 Å². The molecule has 1 aliphatic heterocycles. The van der Waals surface area contributed by atoms with E-state index in [1.54, 1.807) is 6.92 Å². The van der Waals surface area contributed by atoms with Crippen molar-refractivity contribution in [1.29, 1.82) is 0 Å². The number of aliphatic hydroxyl groups excluding tert-OH is 1. The third-order valence-electron chi connectivity index (χ3n) is 14.4. The van der Waals surface area contributed by atoms with Gasteiger partial charge < -0.3 is 19.7 Å². The van der Waals surface area contributed by atoms with Crippen molar-refractivity contribution in [3.05, 3.63) is 23.8 Å². The highest BCUT2D eigenvalue weighted by Gasteiger charge is 2.84. The standard InChI is InChI=1S/C36H56O6/c1-12-23-13-14-25-24(31(23,6)7)15-16-26-32(8)19-27(38)33(9,34(32,10)29-28(39)36(25,26)20-41-29)35(11,40)21(2)17-18-30(4,5)42-22(3)37/h15,17-18,21,23,25-27,29,38,40H,12-14,16,19-20H2,1-11H3/b18-17+/t21?,23-,25+,26-,27+,29-,32-,33-,34-,35-,36-/m0/s1. The van der Waals surface area contributed by atoms with Gasteiger partial charge in [-0.25, -0.2) is 0 Å². The average Bonchev–Trinajstić information content (AvgIpc) is 3.25. The molecule has 6 nitrogen and oxygen atoms in total. The zero-order valence-electron chi connectivity index (χ0n) is 28.0. The summed E-state index contributed by atoms with van der Waals surface area (Å²) in [5.74, 6) is 0.233. The lowest BCUT2D eigenvalue weighted by Gasteiger charge is -2.66. The zero-order valence-corrected chi connectivity index (χ0v) is 28.0. The van der Waals surface area contributed by atoms with Gasteiger partial charge in [-0.15, -0.1) is 0 Å². The highest BCUT2D eigenvalue weighted by molar-refractivity contribution is 5.94. The van der Waals surface area contributed by atoms with Gasteiger partial charge >= 0.3 is 5.97 Å². The Morgan fingerprint density at radius 2 is 1.83 bits per heavy atom. The molecule has 1 unspecified atom stereocenters. The first-order valence-electron chi connectivity index (χ1n) is 16.4. The third-order valence-corrected chi connectivity index (χ3v) is 14.4. The number of carbonyl (C=O) groups excluding carboxylic acids is 2. The molecular formula is C36H56O6. The van der Waals surface area contributed by atoms with Crippen molar-refractivity contribution in [1.82, 2.24) is 0 Å². The largest absolute Gasteiger partial charge is 0.456 e. The van der Waals surface area contributed by atoms with Gasteiger partial charge in [-0.05, 0) is 81.1 Å². The molecule has 5 aliphatic rings. The molecule has 1 heterocycles. The van der Waals surface area contributed by atoms with Crippen LogP contribution in [-0.4, -0.2) is 52.0 Å². The molecule has 2 bridgehead atoms. The average molecular weight is 585 g/mol. The number of aliphatic hydroxyl groups is 2. The van der Waals surface area contributed by atoms with Gasteiger partial charge in [-0.3, -0.25) is 9.59 Å². The minimum Gasteiger partial charge on any atom is -0.456 e. The summed E-state index contributed by atoms with van der Waals surface area (Å²) in [6.45, 7) is 22.6. The Kier molecular flexibility index (Phi) is 7.22. The predicted molar refractivity (Wildman–Crippen MR) is 163 cm³/mol. The van der Waals surface area contributed by atoms with Gasteiger partial charge in [0, 0.05) is 23.7 Å². The maximum Gasteiger partial charge on any atom is 0.303 e. The molecule has 236 valence electrons. The van der Waals surface area contributed by atoms with Crippen LogP contribution < -0.4 is 0 Å². The molecule has 11 atom stereocenters. The summed E-state index contributed by atoms with van der Waals surface area (Å²) in [4.78, 5) is 26.5. The number of allylic oxidation sites excluding steroid dienone is 2. The molecule has 3 saturated carbocycles. The van der Waals surface area contributed by atoms with Crippen molar-refractivity contribution in [3.63, 3.8) is 0 Å². The topological polar surface area (TPSA) is 93.1 Å². The van der Waals surface area contributed by atoms with Gasteiger partial charge in [-0.1, -0.05) is 72.6 Å². The van der Waals surface area contributed by atoms with Crippen molar-refractivity contribution in [2.75, 3.05) is 6.61 Å². The lowest BCUT2D eigenvalue weighted by Crippen LogP contribution is -2.71. The lowest BCUT2D eigenvalue weighted by atomic mass is 9.36. The first kappa shape index (κ1) is 31.9. The van der Waals surface area contributed by atoms with Gasteiger partial charge in [0.2, 0.25) is 0 Å². The molecule has 6 heteroatoms. The van der Waals surface area contributed by atoms with Gasteiger partial charge in [0.05, 0.1) is 23.7 Å². The Balaban J connectivity index is 1.59. The Morgan fingerprint density at radius 3 is 2.43 bits per heavy atom. The van der Waals surface area contributed by atoms with Gasteiger partial charge in [-0.2, -0.15) is 0 Å². The summed E-state index contributed by atoms with van der Waals surface area (Å²) >= 11 is 0. The number of hydrogen-bond donors (Lipinski definition) is 2. The quantitative estimate of drug-likeness (QED) is 0.276. The maximum atomic E-state index is 14.9. The van der Waals surface area contributed by atoms with Crippen molar-refractivity contribution in [2.24, 2.45) is 50.7 Å². The molecule has 4 aliphatic carbocycles. The second-order valence-corrected chi connectivity index (χ2v) is 16.5. The second-order valence-electron chi connectivity index (χ2n) is 16.5. The van der Waals surface area contributed by atoms with E-state index in [4.69, 9.17) is 9.47 Å². The predicted octanol–water partition coefficient (Wildman–Crippen LogP) is 6.43. The minimum atomic E-state index is -1.40. The highest BCUT2D eigenvalue weighted by atomic mass is 16.6. The Bertz CT molecular complexity index is 1210. The van der Waals surface area contributed by atoms with Crippen molar-refractivity contribution >= 4 is 11.8 Å². The number of Topliss-reactive ketones (excluding diaryl/α,β-unsaturated/α-hetero) is 1. The lowest BCUT2D eigenvalue weighted by molar-refractivity contribution is -0.230. The van der Waals surface area contributed by atoms with E-state index in [1.807, 2.05) is 39.8 Å². The van der Waals surface area contributed by atoms with Crippen LogP contribution in [0.3, 0.4) is 0 Å². The summed E-state index contributed by atoms with van der Waals surface area (Å²) in [6.07, 6.45) is 9.23. The summed E-state index contributed by atoms with van der Waals surface area (Å²) < 4.78 is 12.2. The maximum absolute atomic E-state index is 14.9. The monoisotopic (exact) mass is 584 g/mol. The fourth-order valence-electron chi connectivity index (χ4n) is 11.5. The molecule has 1 spiro atoms. The molecule has 0 amide bonds. The number of ether oxygens (including phenoxy) is 2. The van der Waals surface area contributed by atoms with Crippen LogP contribution in [0, 0.1) is 50.7 Å². The fourth-order valence-corrected chi connectivity index (χ4v) is 11.5. The van der Waals surface area contributed by atoms with E-state index in [0.29, 0.717) is 18.9 Å². The molecule has 5 rings (SSSR count).